The van der Waals surface area contributed by atoms with Crippen LogP contribution in [0.4, 0.5) is 5.69 Å². The number of aromatic nitrogens is 1. The summed E-state index contributed by atoms with van der Waals surface area (Å²) in [5.41, 5.74) is 6.45. The summed E-state index contributed by atoms with van der Waals surface area (Å²) >= 11 is 0. The largest absolute Gasteiger partial charge is 0.488 e. The highest BCUT2D eigenvalue weighted by Gasteiger charge is 2.25. The molecule has 1 aliphatic rings. The maximum Gasteiger partial charge on any atom is 0.279 e. The first-order valence-corrected chi connectivity index (χ1v) is 6.59. The zero-order chi connectivity index (χ0) is 14.1. The molecule has 0 spiro atoms. The molecule has 0 radical (unpaired) electrons. The third-order valence-electron chi connectivity index (χ3n) is 3.63. The van der Waals surface area contributed by atoms with Crippen molar-refractivity contribution in [1.82, 2.24) is 4.98 Å². The molecule has 1 aromatic heterocycles. The molecule has 0 amide bonds. The van der Waals surface area contributed by atoms with Crippen LogP contribution in [-0.2, 0) is 0 Å². The summed E-state index contributed by atoms with van der Waals surface area (Å²) in [6.07, 6.45) is 4.34. The smallest absolute Gasteiger partial charge is 0.279 e. The average molecular weight is 273 g/mol. The van der Waals surface area contributed by atoms with Gasteiger partial charge in [0.2, 0.25) is 0 Å². The summed E-state index contributed by atoms with van der Waals surface area (Å²) in [6, 6.07) is 6.64. The lowest BCUT2D eigenvalue weighted by Gasteiger charge is -2.14. The number of pyridine rings is 1. The van der Waals surface area contributed by atoms with Crippen molar-refractivity contribution in [1.29, 1.82) is 0 Å². The van der Waals surface area contributed by atoms with Gasteiger partial charge in [-0.05, 0) is 37.5 Å². The van der Waals surface area contributed by atoms with E-state index in [9.17, 15) is 10.1 Å². The van der Waals surface area contributed by atoms with Crippen LogP contribution < -0.4 is 10.5 Å². The van der Waals surface area contributed by atoms with Crippen LogP contribution in [0, 0.1) is 10.1 Å². The summed E-state index contributed by atoms with van der Waals surface area (Å²) in [5, 5.41) is 11.5. The Kier molecular flexibility index (Phi) is 3.23. The maximum atomic E-state index is 11.0. The fraction of sp³-hybridized carbons (Fsp3) is 0.357. The van der Waals surface area contributed by atoms with Crippen molar-refractivity contribution in [2.45, 2.75) is 31.4 Å². The van der Waals surface area contributed by atoms with E-state index >= 15 is 0 Å². The van der Waals surface area contributed by atoms with Crippen LogP contribution in [0.1, 0.15) is 19.3 Å². The van der Waals surface area contributed by atoms with Gasteiger partial charge in [-0.3, -0.25) is 15.1 Å². The van der Waals surface area contributed by atoms with Crippen molar-refractivity contribution in [2.75, 3.05) is 0 Å². The van der Waals surface area contributed by atoms with Gasteiger partial charge in [0.25, 0.3) is 5.69 Å². The number of ether oxygens (including phenoxy) is 1. The number of nitrogens with two attached hydrogens (primary N) is 1. The number of rotatable bonds is 3. The normalized spacial score (nSPS) is 22.1. The molecule has 2 aromatic rings. The predicted molar refractivity (Wildman–Crippen MR) is 74.6 cm³/mol. The molecule has 6 heteroatoms. The average Bonchev–Trinajstić information content (AvgIpc) is 2.84. The molecule has 104 valence electrons. The Morgan fingerprint density at radius 1 is 1.35 bits per heavy atom. The molecule has 0 bridgehead atoms. The highest BCUT2D eigenvalue weighted by atomic mass is 16.6. The molecule has 1 fully saturated rings. The van der Waals surface area contributed by atoms with Crippen molar-refractivity contribution in [3.05, 3.63) is 40.6 Å². The molecule has 2 unspecified atom stereocenters. The van der Waals surface area contributed by atoms with E-state index in [-0.39, 0.29) is 17.8 Å². The van der Waals surface area contributed by atoms with Crippen molar-refractivity contribution in [2.24, 2.45) is 5.73 Å². The summed E-state index contributed by atoms with van der Waals surface area (Å²) < 4.78 is 5.93. The summed E-state index contributed by atoms with van der Waals surface area (Å²) in [4.78, 5) is 14.9. The Morgan fingerprint density at radius 3 is 2.90 bits per heavy atom. The number of nitro groups is 1. The fourth-order valence-corrected chi connectivity index (χ4v) is 2.65. The lowest BCUT2D eigenvalue weighted by molar-refractivity contribution is -0.383. The van der Waals surface area contributed by atoms with Crippen molar-refractivity contribution >= 4 is 16.6 Å². The highest BCUT2D eigenvalue weighted by molar-refractivity contribution is 5.92. The fourth-order valence-electron chi connectivity index (χ4n) is 2.65. The molecule has 1 aliphatic carbocycles. The summed E-state index contributed by atoms with van der Waals surface area (Å²) in [5.74, 6) is 0.588. The minimum absolute atomic E-state index is 0.0450. The molecule has 1 heterocycles. The van der Waals surface area contributed by atoms with Crippen LogP contribution in [0.2, 0.25) is 0 Å². The van der Waals surface area contributed by atoms with Crippen LogP contribution >= 0.6 is 0 Å². The van der Waals surface area contributed by atoms with Gasteiger partial charge in [0, 0.05) is 18.3 Å². The Labute approximate surface area is 115 Å². The molecule has 2 N–H and O–H groups in total. The van der Waals surface area contributed by atoms with Crippen LogP contribution in [-0.4, -0.2) is 22.1 Å². The monoisotopic (exact) mass is 273 g/mol. The SMILES string of the molecule is NC1CCC(Oc2ccc([N+](=O)[O-])c3cccnc23)C1. The van der Waals surface area contributed by atoms with Gasteiger partial charge >= 0.3 is 0 Å². The van der Waals surface area contributed by atoms with E-state index in [1.807, 2.05) is 0 Å². The molecule has 6 nitrogen and oxygen atoms in total. The number of nitrogens with zero attached hydrogens (tertiary/aromatic N) is 2. The Balaban J connectivity index is 2.00. The van der Waals surface area contributed by atoms with Crippen LogP contribution in [0.5, 0.6) is 5.75 Å². The second kappa shape index (κ2) is 5.05. The molecule has 3 rings (SSSR count). The molecular weight excluding hydrogens is 258 g/mol. The first-order valence-electron chi connectivity index (χ1n) is 6.59. The van der Waals surface area contributed by atoms with Crippen LogP contribution in [0.25, 0.3) is 10.9 Å². The Hall–Kier alpha value is -2.21. The van der Waals surface area contributed by atoms with E-state index in [1.54, 1.807) is 24.4 Å². The molecule has 20 heavy (non-hydrogen) atoms. The topological polar surface area (TPSA) is 91.3 Å². The summed E-state index contributed by atoms with van der Waals surface area (Å²) in [7, 11) is 0. The molecule has 0 saturated heterocycles. The van der Waals surface area contributed by atoms with Crippen LogP contribution in [0.3, 0.4) is 0 Å². The van der Waals surface area contributed by atoms with Gasteiger partial charge in [0.05, 0.1) is 10.3 Å². The number of hydrogen-bond donors (Lipinski definition) is 1. The zero-order valence-corrected chi connectivity index (χ0v) is 10.9. The number of fused-ring (bicyclic) bond motifs is 1. The van der Waals surface area contributed by atoms with Gasteiger partial charge in [-0.15, -0.1) is 0 Å². The van der Waals surface area contributed by atoms with Crippen molar-refractivity contribution < 1.29 is 9.66 Å². The second-order valence-corrected chi connectivity index (χ2v) is 5.05. The van der Waals surface area contributed by atoms with Gasteiger partial charge in [0.15, 0.2) is 0 Å². The molecule has 2 atom stereocenters. The molecule has 1 saturated carbocycles. The lowest BCUT2D eigenvalue weighted by Crippen LogP contribution is -2.19. The Morgan fingerprint density at radius 2 is 2.20 bits per heavy atom. The Bertz CT molecular complexity index is 659. The van der Waals surface area contributed by atoms with Crippen LogP contribution in [0.15, 0.2) is 30.5 Å². The zero-order valence-electron chi connectivity index (χ0n) is 10.9. The standard InChI is InChI=1S/C14H15N3O3/c15-9-3-4-10(8-9)20-13-6-5-12(17(18)19)11-2-1-7-16-14(11)13/h1-2,5-7,9-10H,3-4,8,15H2. The summed E-state index contributed by atoms with van der Waals surface area (Å²) in [6.45, 7) is 0. The third-order valence-corrected chi connectivity index (χ3v) is 3.63. The minimum Gasteiger partial charge on any atom is -0.488 e. The van der Waals surface area contributed by atoms with Gasteiger partial charge in [-0.1, -0.05) is 0 Å². The van der Waals surface area contributed by atoms with Gasteiger partial charge in [-0.25, -0.2) is 0 Å². The van der Waals surface area contributed by atoms with E-state index in [4.69, 9.17) is 10.5 Å². The van der Waals surface area contributed by atoms with E-state index in [0.29, 0.717) is 16.7 Å². The quantitative estimate of drug-likeness (QED) is 0.684. The molecule has 0 aliphatic heterocycles. The highest BCUT2D eigenvalue weighted by Crippen LogP contribution is 2.33. The van der Waals surface area contributed by atoms with Crippen molar-refractivity contribution in [3.8, 4) is 5.75 Å². The number of benzene rings is 1. The third kappa shape index (κ3) is 2.30. The molecule has 1 aromatic carbocycles. The van der Waals surface area contributed by atoms with E-state index in [1.165, 1.54) is 6.07 Å². The first kappa shape index (κ1) is 12.8. The van der Waals surface area contributed by atoms with E-state index in [2.05, 4.69) is 4.98 Å². The van der Waals surface area contributed by atoms with E-state index in [0.717, 1.165) is 19.3 Å². The van der Waals surface area contributed by atoms with Gasteiger partial charge in [-0.2, -0.15) is 0 Å². The van der Waals surface area contributed by atoms with Gasteiger partial charge < -0.3 is 10.5 Å². The van der Waals surface area contributed by atoms with E-state index < -0.39 is 4.92 Å². The van der Waals surface area contributed by atoms with Gasteiger partial charge in [0.1, 0.15) is 17.4 Å². The number of hydrogen-bond acceptors (Lipinski definition) is 5. The second-order valence-electron chi connectivity index (χ2n) is 5.05. The first-order chi connectivity index (χ1) is 9.65. The predicted octanol–water partition coefficient (Wildman–Crippen LogP) is 2.40. The molecular formula is C14H15N3O3. The maximum absolute atomic E-state index is 11.0. The lowest BCUT2D eigenvalue weighted by atomic mass is 10.1. The van der Waals surface area contributed by atoms with Crippen molar-refractivity contribution in [3.63, 3.8) is 0 Å². The number of non-ortho nitro benzene ring substituents is 1. The minimum atomic E-state index is -0.403. The number of nitro benzene ring substituents is 1.